The molecular formula is C18H21N3O3. The molecule has 2 heterocycles. The van der Waals surface area contributed by atoms with E-state index in [9.17, 15) is 4.79 Å². The number of methoxy groups -OCH3 is 1. The minimum Gasteiger partial charge on any atom is -0.497 e. The van der Waals surface area contributed by atoms with Gasteiger partial charge in [-0.2, -0.15) is 5.10 Å². The maximum absolute atomic E-state index is 12.6. The van der Waals surface area contributed by atoms with Crippen LogP contribution < -0.4 is 9.47 Å². The molecule has 2 atom stereocenters. The van der Waals surface area contributed by atoms with E-state index >= 15 is 0 Å². The second kappa shape index (κ2) is 6.19. The third-order valence-corrected chi connectivity index (χ3v) is 4.96. The average Bonchev–Trinajstić information content (AvgIpc) is 3.36. The Morgan fingerprint density at radius 2 is 2.21 bits per heavy atom. The number of benzene rings is 1. The number of nitrogens with zero attached hydrogens (tertiary/aromatic N) is 2. The first-order valence-corrected chi connectivity index (χ1v) is 8.35. The van der Waals surface area contributed by atoms with E-state index in [0.29, 0.717) is 30.0 Å². The summed E-state index contributed by atoms with van der Waals surface area (Å²) in [5, 5.41) is 7.07. The topological polar surface area (TPSA) is 67.5 Å². The molecule has 1 amide bonds. The number of fused-ring (bicyclic) bond motifs is 2. The molecule has 0 radical (unpaired) electrons. The number of rotatable bonds is 5. The van der Waals surface area contributed by atoms with E-state index in [1.54, 1.807) is 13.2 Å². The van der Waals surface area contributed by atoms with Gasteiger partial charge in [0.05, 0.1) is 12.8 Å². The van der Waals surface area contributed by atoms with Crippen molar-refractivity contribution in [3.63, 3.8) is 0 Å². The summed E-state index contributed by atoms with van der Waals surface area (Å²) in [6.45, 7) is 1.21. The first-order valence-electron chi connectivity index (χ1n) is 8.35. The van der Waals surface area contributed by atoms with Gasteiger partial charge in [0.25, 0.3) is 5.91 Å². The van der Waals surface area contributed by atoms with Crippen LogP contribution in [0.1, 0.15) is 35.4 Å². The average molecular weight is 327 g/mol. The van der Waals surface area contributed by atoms with Crippen LogP contribution in [-0.4, -0.2) is 40.7 Å². The van der Waals surface area contributed by atoms with Crippen LogP contribution in [0.5, 0.6) is 11.5 Å². The second-order valence-electron chi connectivity index (χ2n) is 6.54. The molecular weight excluding hydrogens is 306 g/mol. The number of aromatic amines is 1. The van der Waals surface area contributed by atoms with Crippen molar-refractivity contribution in [3.05, 3.63) is 41.7 Å². The molecule has 126 valence electrons. The van der Waals surface area contributed by atoms with Crippen LogP contribution in [0.3, 0.4) is 0 Å². The van der Waals surface area contributed by atoms with E-state index in [0.717, 1.165) is 30.8 Å². The lowest BCUT2D eigenvalue weighted by Gasteiger charge is -2.26. The quantitative estimate of drug-likeness (QED) is 0.917. The molecule has 1 saturated carbocycles. The van der Waals surface area contributed by atoms with Gasteiger partial charge >= 0.3 is 0 Å². The van der Waals surface area contributed by atoms with Gasteiger partial charge in [0.1, 0.15) is 18.1 Å². The van der Waals surface area contributed by atoms with Crippen molar-refractivity contribution in [2.75, 3.05) is 13.7 Å². The number of piperidine rings is 1. The summed E-state index contributed by atoms with van der Waals surface area (Å²) in [7, 11) is 1.62. The van der Waals surface area contributed by atoms with E-state index in [4.69, 9.17) is 9.47 Å². The van der Waals surface area contributed by atoms with Gasteiger partial charge in [0.15, 0.2) is 5.69 Å². The van der Waals surface area contributed by atoms with E-state index in [-0.39, 0.29) is 5.91 Å². The number of aromatic nitrogens is 2. The van der Waals surface area contributed by atoms with Gasteiger partial charge in [-0.1, -0.05) is 6.07 Å². The number of amides is 1. The monoisotopic (exact) mass is 327 g/mol. The largest absolute Gasteiger partial charge is 0.497 e. The number of hydrogen-bond acceptors (Lipinski definition) is 4. The van der Waals surface area contributed by atoms with Crippen LogP contribution in [0.25, 0.3) is 0 Å². The molecule has 0 unspecified atom stereocenters. The third kappa shape index (κ3) is 2.84. The molecule has 1 aliphatic carbocycles. The fourth-order valence-corrected chi connectivity index (χ4v) is 3.72. The van der Waals surface area contributed by atoms with Crippen LogP contribution in [0.15, 0.2) is 30.3 Å². The lowest BCUT2D eigenvalue weighted by atomic mass is 10.1. The normalized spacial score (nSPS) is 22.0. The lowest BCUT2D eigenvalue weighted by molar-refractivity contribution is 0.0697. The van der Waals surface area contributed by atoms with Gasteiger partial charge in [-0.25, -0.2) is 0 Å². The molecule has 24 heavy (non-hydrogen) atoms. The van der Waals surface area contributed by atoms with Crippen molar-refractivity contribution in [1.29, 1.82) is 0 Å². The Balaban J connectivity index is 1.38. The Morgan fingerprint density at radius 1 is 1.33 bits per heavy atom. The molecule has 1 aromatic carbocycles. The number of likely N-dealkylation sites (tertiary alicyclic amines) is 1. The summed E-state index contributed by atoms with van der Waals surface area (Å²) in [6.07, 6.45) is 3.54. The fourth-order valence-electron chi connectivity index (χ4n) is 3.72. The minimum atomic E-state index is 0.0334. The fraction of sp³-hybridized carbons (Fsp3) is 0.444. The number of ether oxygens (including phenoxy) is 2. The molecule has 2 aromatic rings. The number of H-pyrrole nitrogens is 1. The SMILES string of the molecule is COc1cccc(OCc2cc(C(=O)N3C[C@H]4CC[C@H]3C4)n[nH]2)c1. The van der Waals surface area contributed by atoms with Crippen LogP contribution >= 0.6 is 0 Å². The van der Waals surface area contributed by atoms with Gasteiger partial charge in [0, 0.05) is 18.7 Å². The Hall–Kier alpha value is -2.50. The van der Waals surface area contributed by atoms with Gasteiger partial charge in [-0.05, 0) is 43.4 Å². The highest BCUT2D eigenvalue weighted by Gasteiger charge is 2.40. The lowest BCUT2D eigenvalue weighted by Crippen LogP contribution is -2.37. The summed E-state index contributed by atoms with van der Waals surface area (Å²) in [4.78, 5) is 14.6. The molecule has 1 N–H and O–H groups in total. The Labute approximate surface area is 140 Å². The van der Waals surface area contributed by atoms with Crippen molar-refractivity contribution in [2.45, 2.75) is 31.9 Å². The summed E-state index contributed by atoms with van der Waals surface area (Å²) >= 11 is 0. The van der Waals surface area contributed by atoms with Crippen molar-refractivity contribution in [3.8, 4) is 11.5 Å². The molecule has 0 spiro atoms. The Kier molecular flexibility index (Phi) is 3.88. The van der Waals surface area contributed by atoms with Gasteiger partial charge in [-0.3, -0.25) is 9.89 Å². The zero-order valence-corrected chi connectivity index (χ0v) is 13.7. The molecule has 6 heteroatoms. The number of carbonyl (C=O) groups is 1. The molecule has 1 aliphatic heterocycles. The van der Waals surface area contributed by atoms with Gasteiger partial charge in [0.2, 0.25) is 0 Å². The third-order valence-electron chi connectivity index (χ3n) is 4.96. The van der Waals surface area contributed by atoms with Crippen LogP contribution in [-0.2, 0) is 6.61 Å². The molecule has 4 rings (SSSR count). The molecule has 6 nitrogen and oxygen atoms in total. The van der Waals surface area contributed by atoms with Crippen LogP contribution in [0, 0.1) is 5.92 Å². The highest BCUT2D eigenvalue weighted by atomic mass is 16.5. The maximum Gasteiger partial charge on any atom is 0.274 e. The smallest absolute Gasteiger partial charge is 0.274 e. The number of nitrogens with one attached hydrogen (secondary N) is 1. The minimum absolute atomic E-state index is 0.0334. The van der Waals surface area contributed by atoms with Gasteiger partial charge < -0.3 is 14.4 Å². The summed E-state index contributed by atoms with van der Waals surface area (Å²) < 4.78 is 10.9. The van der Waals surface area contributed by atoms with E-state index in [1.807, 2.05) is 29.2 Å². The van der Waals surface area contributed by atoms with E-state index in [1.165, 1.54) is 6.42 Å². The second-order valence-corrected chi connectivity index (χ2v) is 6.54. The summed E-state index contributed by atoms with van der Waals surface area (Å²) in [5.74, 6) is 2.19. The highest BCUT2D eigenvalue weighted by molar-refractivity contribution is 5.92. The number of hydrogen-bond donors (Lipinski definition) is 1. The molecule has 2 aliphatic rings. The molecule has 2 fully saturated rings. The number of carbonyl (C=O) groups excluding carboxylic acids is 1. The van der Waals surface area contributed by atoms with E-state index < -0.39 is 0 Å². The van der Waals surface area contributed by atoms with Crippen molar-refractivity contribution in [2.24, 2.45) is 5.92 Å². The standard InChI is InChI=1S/C18H21N3O3/c1-23-15-3-2-4-16(9-15)24-11-13-8-17(20-19-13)18(22)21-10-12-5-6-14(21)7-12/h2-4,8-9,12,14H,5-7,10-11H2,1H3,(H,19,20)/t12-,14-/m0/s1. The van der Waals surface area contributed by atoms with Crippen molar-refractivity contribution >= 4 is 5.91 Å². The molecule has 1 aromatic heterocycles. The molecule has 2 bridgehead atoms. The predicted molar refractivity (Wildman–Crippen MR) is 88.1 cm³/mol. The van der Waals surface area contributed by atoms with Gasteiger partial charge in [-0.15, -0.1) is 0 Å². The zero-order valence-electron chi connectivity index (χ0n) is 13.7. The maximum atomic E-state index is 12.6. The van der Waals surface area contributed by atoms with Crippen molar-refractivity contribution in [1.82, 2.24) is 15.1 Å². The highest BCUT2D eigenvalue weighted by Crippen LogP contribution is 2.37. The van der Waals surface area contributed by atoms with Crippen LogP contribution in [0.2, 0.25) is 0 Å². The van der Waals surface area contributed by atoms with E-state index in [2.05, 4.69) is 10.2 Å². The van der Waals surface area contributed by atoms with Crippen molar-refractivity contribution < 1.29 is 14.3 Å². The first kappa shape index (κ1) is 15.1. The molecule has 1 saturated heterocycles. The van der Waals surface area contributed by atoms with Crippen LogP contribution in [0.4, 0.5) is 0 Å². The Morgan fingerprint density at radius 3 is 2.96 bits per heavy atom. The predicted octanol–water partition coefficient (Wildman–Crippen LogP) is 2.62. The zero-order chi connectivity index (χ0) is 16.5. The summed E-state index contributed by atoms with van der Waals surface area (Å²) in [5.41, 5.74) is 1.26. The first-order chi connectivity index (χ1) is 11.7. The summed E-state index contributed by atoms with van der Waals surface area (Å²) in [6, 6.07) is 9.63. The Bertz CT molecular complexity index is 743.